The van der Waals surface area contributed by atoms with Crippen LogP contribution in [-0.2, 0) is 9.53 Å². The number of carbonyl (C=O) groups excluding carboxylic acids is 1. The van der Waals surface area contributed by atoms with Gasteiger partial charge in [-0.15, -0.1) is 11.8 Å². The zero-order chi connectivity index (χ0) is 13.4. The van der Waals surface area contributed by atoms with E-state index in [1.807, 2.05) is 24.3 Å². The van der Waals surface area contributed by atoms with E-state index in [4.69, 9.17) is 10.5 Å². The summed E-state index contributed by atoms with van der Waals surface area (Å²) in [6.45, 7) is 3.68. The van der Waals surface area contributed by atoms with Crippen molar-refractivity contribution in [2.75, 3.05) is 31.3 Å². The maximum atomic E-state index is 10.8. The molecule has 0 saturated carbocycles. The topological polar surface area (TPSA) is 64.3 Å². The van der Waals surface area contributed by atoms with E-state index in [0.29, 0.717) is 11.7 Å². The number of anilines is 1. The van der Waals surface area contributed by atoms with E-state index < -0.39 is 0 Å². The summed E-state index contributed by atoms with van der Waals surface area (Å²) in [4.78, 5) is 11.8. The molecule has 0 bridgehead atoms. The van der Waals surface area contributed by atoms with Crippen LogP contribution in [-0.4, -0.2) is 31.9 Å². The number of rotatable bonds is 8. The van der Waals surface area contributed by atoms with Crippen molar-refractivity contribution in [3.8, 4) is 0 Å². The van der Waals surface area contributed by atoms with Gasteiger partial charge < -0.3 is 15.8 Å². The molecule has 1 amide bonds. The maximum absolute atomic E-state index is 10.8. The van der Waals surface area contributed by atoms with Crippen LogP contribution in [0.5, 0.6) is 0 Å². The molecule has 1 rings (SSSR count). The van der Waals surface area contributed by atoms with Crippen molar-refractivity contribution in [3.05, 3.63) is 24.3 Å². The van der Waals surface area contributed by atoms with Crippen LogP contribution in [0.2, 0.25) is 0 Å². The Hall–Kier alpha value is -1.20. The number of hydrogen-bond acceptors (Lipinski definition) is 4. The summed E-state index contributed by atoms with van der Waals surface area (Å²) in [6.07, 6.45) is 0. The highest BCUT2D eigenvalue weighted by Crippen LogP contribution is 2.26. The van der Waals surface area contributed by atoms with E-state index in [2.05, 4.69) is 12.2 Å². The van der Waals surface area contributed by atoms with E-state index in [0.717, 1.165) is 23.7 Å². The lowest BCUT2D eigenvalue weighted by atomic mass is 10.2. The lowest BCUT2D eigenvalue weighted by molar-refractivity contribution is -0.115. The summed E-state index contributed by atoms with van der Waals surface area (Å²) >= 11 is 1.45. The zero-order valence-electron chi connectivity index (χ0n) is 10.8. The van der Waals surface area contributed by atoms with E-state index in [9.17, 15) is 4.79 Å². The van der Waals surface area contributed by atoms with Gasteiger partial charge in [0.2, 0.25) is 5.91 Å². The van der Waals surface area contributed by atoms with E-state index in [1.54, 1.807) is 7.11 Å². The third-order valence-corrected chi connectivity index (χ3v) is 3.45. The van der Waals surface area contributed by atoms with Gasteiger partial charge >= 0.3 is 0 Å². The van der Waals surface area contributed by atoms with E-state index >= 15 is 0 Å². The predicted octanol–water partition coefficient (Wildman–Crippen LogP) is 1.96. The van der Waals surface area contributed by atoms with Crippen LogP contribution in [0.4, 0.5) is 5.69 Å². The third kappa shape index (κ3) is 5.42. The van der Waals surface area contributed by atoms with Gasteiger partial charge in [-0.2, -0.15) is 0 Å². The predicted molar refractivity (Wildman–Crippen MR) is 75.9 cm³/mol. The molecule has 100 valence electrons. The summed E-state index contributed by atoms with van der Waals surface area (Å²) in [5, 5.41) is 3.37. The number of methoxy groups -OCH3 is 1. The van der Waals surface area contributed by atoms with Gasteiger partial charge in [0.25, 0.3) is 0 Å². The molecule has 0 saturated heterocycles. The molecule has 0 aliphatic heterocycles. The Morgan fingerprint density at radius 1 is 1.50 bits per heavy atom. The standard InChI is InChI=1S/C13H20N2O2S/c1-10(8-17-2)7-15-11-5-3-4-6-12(11)18-9-13(14)16/h3-6,10,15H,7-9H2,1-2H3,(H2,14,16). The van der Waals surface area contributed by atoms with Crippen LogP contribution in [0.15, 0.2) is 29.2 Å². The van der Waals surface area contributed by atoms with Crippen molar-refractivity contribution >= 4 is 23.4 Å². The molecule has 4 nitrogen and oxygen atoms in total. The van der Waals surface area contributed by atoms with Gasteiger partial charge in [0.15, 0.2) is 0 Å². The van der Waals surface area contributed by atoms with Gasteiger partial charge in [-0.25, -0.2) is 0 Å². The molecule has 3 N–H and O–H groups in total. The van der Waals surface area contributed by atoms with Crippen LogP contribution in [0.25, 0.3) is 0 Å². The maximum Gasteiger partial charge on any atom is 0.227 e. The molecule has 5 heteroatoms. The second-order valence-corrected chi connectivity index (χ2v) is 5.21. The first-order chi connectivity index (χ1) is 8.63. The highest BCUT2D eigenvalue weighted by molar-refractivity contribution is 8.00. The molecule has 0 aliphatic carbocycles. The van der Waals surface area contributed by atoms with Gasteiger partial charge in [0.05, 0.1) is 12.4 Å². The number of nitrogens with one attached hydrogen (secondary N) is 1. The van der Waals surface area contributed by atoms with Crippen LogP contribution >= 0.6 is 11.8 Å². The molecule has 0 aromatic heterocycles. The summed E-state index contributed by atoms with van der Waals surface area (Å²) in [5.41, 5.74) is 6.19. The highest BCUT2D eigenvalue weighted by atomic mass is 32.2. The molecular formula is C13H20N2O2S. The minimum atomic E-state index is -0.303. The molecule has 1 unspecified atom stereocenters. The smallest absolute Gasteiger partial charge is 0.227 e. The largest absolute Gasteiger partial charge is 0.384 e. The van der Waals surface area contributed by atoms with Crippen LogP contribution < -0.4 is 11.1 Å². The molecule has 0 aliphatic rings. The lowest BCUT2D eigenvalue weighted by Gasteiger charge is -2.15. The van der Waals surface area contributed by atoms with Crippen molar-refractivity contribution in [1.82, 2.24) is 0 Å². The monoisotopic (exact) mass is 268 g/mol. The molecule has 1 atom stereocenters. The van der Waals surface area contributed by atoms with Crippen molar-refractivity contribution in [2.45, 2.75) is 11.8 Å². The van der Waals surface area contributed by atoms with Crippen LogP contribution in [0.1, 0.15) is 6.92 Å². The van der Waals surface area contributed by atoms with Gasteiger partial charge in [0.1, 0.15) is 0 Å². The highest BCUT2D eigenvalue weighted by Gasteiger charge is 2.06. The molecule has 0 radical (unpaired) electrons. The average Bonchev–Trinajstić information content (AvgIpc) is 2.35. The molecule has 1 aromatic rings. The SMILES string of the molecule is COCC(C)CNc1ccccc1SCC(N)=O. The number of carbonyl (C=O) groups is 1. The lowest BCUT2D eigenvalue weighted by Crippen LogP contribution is -2.16. The Morgan fingerprint density at radius 3 is 2.89 bits per heavy atom. The Balaban J connectivity index is 2.55. The second kappa shape index (κ2) is 8.00. The quantitative estimate of drug-likeness (QED) is 0.707. The first-order valence-corrected chi connectivity index (χ1v) is 6.85. The van der Waals surface area contributed by atoms with Gasteiger partial charge in [-0.1, -0.05) is 19.1 Å². The van der Waals surface area contributed by atoms with Crippen molar-refractivity contribution in [1.29, 1.82) is 0 Å². The number of hydrogen-bond donors (Lipinski definition) is 2. The summed E-state index contributed by atoms with van der Waals surface area (Å²) < 4.78 is 5.09. The first kappa shape index (κ1) is 14.9. The summed E-state index contributed by atoms with van der Waals surface area (Å²) in [6, 6.07) is 7.91. The molecule has 0 fully saturated rings. The third-order valence-electron chi connectivity index (χ3n) is 2.35. The minimum Gasteiger partial charge on any atom is -0.384 e. The first-order valence-electron chi connectivity index (χ1n) is 5.86. The van der Waals surface area contributed by atoms with Crippen molar-refractivity contribution < 1.29 is 9.53 Å². The number of para-hydroxylation sites is 1. The van der Waals surface area contributed by atoms with Crippen molar-refractivity contribution in [3.63, 3.8) is 0 Å². The second-order valence-electron chi connectivity index (χ2n) is 4.19. The van der Waals surface area contributed by atoms with Gasteiger partial charge in [-0.3, -0.25) is 4.79 Å². The number of primary amides is 1. The molecule has 1 aromatic carbocycles. The number of amides is 1. The van der Waals surface area contributed by atoms with Gasteiger partial charge in [-0.05, 0) is 18.1 Å². The summed E-state index contributed by atoms with van der Waals surface area (Å²) in [5.74, 6) is 0.429. The molecule has 0 spiro atoms. The Bertz CT molecular complexity index is 385. The zero-order valence-corrected chi connectivity index (χ0v) is 11.6. The fraction of sp³-hybridized carbons (Fsp3) is 0.462. The van der Waals surface area contributed by atoms with Crippen molar-refractivity contribution in [2.24, 2.45) is 11.7 Å². The van der Waals surface area contributed by atoms with Crippen LogP contribution in [0.3, 0.4) is 0 Å². The normalized spacial score (nSPS) is 12.1. The van der Waals surface area contributed by atoms with Gasteiger partial charge in [0, 0.05) is 24.2 Å². The minimum absolute atomic E-state index is 0.298. The summed E-state index contributed by atoms with van der Waals surface area (Å²) in [7, 11) is 1.70. The van der Waals surface area contributed by atoms with E-state index in [-0.39, 0.29) is 5.91 Å². The van der Waals surface area contributed by atoms with E-state index in [1.165, 1.54) is 11.8 Å². The molecule has 0 heterocycles. The Morgan fingerprint density at radius 2 is 2.22 bits per heavy atom. The molecular weight excluding hydrogens is 248 g/mol. The fourth-order valence-corrected chi connectivity index (χ4v) is 2.28. The molecule has 18 heavy (non-hydrogen) atoms. The Kier molecular flexibility index (Phi) is 6.60. The number of thioether (sulfide) groups is 1. The average molecular weight is 268 g/mol. The fourth-order valence-electron chi connectivity index (χ4n) is 1.52. The number of nitrogens with two attached hydrogens (primary N) is 1. The number of benzene rings is 1. The number of ether oxygens (including phenoxy) is 1. The van der Waals surface area contributed by atoms with Crippen LogP contribution in [0, 0.1) is 5.92 Å². The Labute approximate surface area is 112 Å².